The van der Waals surface area contributed by atoms with Gasteiger partial charge in [0, 0.05) is 16.8 Å². The summed E-state index contributed by atoms with van der Waals surface area (Å²) in [7, 11) is 0. The van der Waals surface area contributed by atoms with E-state index in [1.807, 2.05) is 78.8 Å². The van der Waals surface area contributed by atoms with Gasteiger partial charge in [0.15, 0.2) is 0 Å². The first-order chi connectivity index (χ1) is 13.2. The molecular weight excluding hydrogens is 352 g/mol. The Morgan fingerprint density at radius 1 is 0.857 bits per heavy atom. The van der Waals surface area contributed by atoms with E-state index in [0.29, 0.717) is 13.2 Å². The standard InChI is InChI=1S/C22H30N4O2/c1-15-11-17(3)24-21(12-15)19(5)26-28-14-22(6,7)13-27-25-18(4)20-10-8-9-16(2)23-20/h8-12H,13-14H2,1-7H3/b25-18+,26-19-. The van der Waals surface area contributed by atoms with E-state index in [9.17, 15) is 0 Å². The Morgan fingerprint density at radius 2 is 1.43 bits per heavy atom. The van der Waals surface area contributed by atoms with Crippen molar-refractivity contribution in [3.05, 3.63) is 58.7 Å². The molecule has 0 aliphatic carbocycles. The van der Waals surface area contributed by atoms with Crippen molar-refractivity contribution >= 4 is 11.4 Å². The Bertz CT molecular complexity index is 852. The lowest BCUT2D eigenvalue weighted by atomic mass is 9.97. The molecule has 2 aromatic rings. The predicted octanol–water partition coefficient (Wildman–Crippen LogP) is 4.61. The van der Waals surface area contributed by atoms with Gasteiger partial charge in [0.1, 0.15) is 24.6 Å². The van der Waals surface area contributed by atoms with Crippen LogP contribution in [0.1, 0.15) is 56.0 Å². The Balaban J connectivity index is 1.88. The maximum atomic E-state index is 5.56. The van der Waals surface area contributed by atoms with Crippen LogP contribution in [0, 0.1) is 26.2 Å². The van der Waals surface area contributed by atoms with Crippen molar-refractivity contribution in [3.8, 4) is 0 Å². The van der Waals surface area contributed by atoms with Crippen LogP contribution in [-0.2, 0) is 9.68 Å². The number of aryl methyl sites for hydroxylation is 3. The molecule has 0 spiro atoms. The summed E-state index contributed by atoms with van der Waals surface area (Å²) in [5.74, 6) is 0. The minimum absolute atomic E-state index is 0.246. The van der Waals surface area contributed by atoms with Crippen molar-refractivity contribution in [3.63, 3.8) is 0 Å². The lowest BCUT2D eigenvalue weighted by Gasteiger charge is -2.21. The quantitative estimate of drug-likeness (QED) is 0.494. The van der Waals surface area contributed by atoms with Crippen LogP contribution in [0.15, 0.2) is 40.6 Å². The molecule has 6 nitrogen and oxygen atoms in total. The Labute approximate surface area is 167 Å². The second-order valence-electron chi connectivity index (χ2n) is 7.90. The number of aromatic nitrogens is 2. The lowest BCUT2D eigenvalue weighted by molar-refractivity contribution is -0.00000534. The van der Waals surface area contributed by atoms with Crippen LogP contribution in [0.2, 0.25) is 0 Å². The number of nitrogens with zero attached hydrogens (tertiary/aromatic N) is 4. The molecule has 0 fully saturated rings. The Hall–Kier alpha value is -2.76. The van der Waals surface area contributed by atoms with Crippen LogP contribution < -0.4 is 0 Å². The van der Waals surface area contributed by atoms with Gasteiger partial charge in [0.05, 0.1) is 11.4 Å². The van der Waals surface area contributed by atoms with Gasteiger partial charge in [-0.05, 0) is 64.4 Å². The topological polar surface area (TPSA) is 69.0 Å². The average Bonchev–Trinajstić information content (AvgIpc) is 2.60. The van der Waals surface area contributed by atoms with Gasteiger partial charge in [-0.3, -0.25) is 9.97 Å². The molecule has 0 radical (unpaired) electrons. The highest BCUT2D eigenvalue weighted by Gasteiger charge is 2.20. The van der Waals surface area contributed by atoms with Crippen molar-refractivity contribution in [2.24, 2.45) is 15.7 Å². The van der Waals surface area contributed by atoms with Crippen LogP contribution >= 0.6 is 0 Å². The van der Waals surface area contributed by atoms with E-state index in [1.165, 1.54) is 0 Å². The van der Waals surface area contributed by atoms with Crippen molar-refractivity contribution < 1.29 is 9.68 Å². The van der Waals surface area contributed by atoms with Gasteiger partial charge in [-0.2, -0.15) is 0 Å². The molecule has 0 saturated carbocycles. The Kier molecular flexibility index (Phi) is 7.26. The fraction of sp³-hybridized carbons (Fsp3) is 0.455. The number of oxime groups is 2. The summed E-state index contributed by atoms with van der Waals surface area (Å²) >= 11 is 0. The third-order valence-corrected chi connectivity index (χ3v) is 4.04. The van der Waals surface area contributed by atoms with Gasteiger partial charge in [-0.25, -0.2) is 0 Å². The Morgan fingerprint density at radius 3 is 2.00 bits per heavy atom. The summed E-state index contributed by atoms with van der Waals surface area (Å²) < 4.78 is 0. The fourth-order valence-corrected chi connectivity index (χ4v) is 2.51. The number of pyridine rings is 2. The van der Waals surface area contributed by atoms with Gasteiger partial charge < -0.3 is 9.68 Å². The summed E-state index contributed by atoms with van der Waals surface area (Å²) in [6, 6.07) is 9.86. The zero-order valence-corrected chi connectivity index (χ0v) is 17.9. The first kappa shape index (κ1) is 21.5. The van der Waals surface area contributed by atoms with Gasteiger partial charge in [0.25, 0.3) is 0 Å². The SMILES string of the molecule is C/C(=N/OCC(C)(C)CO/N=C(\C)c1cccc(C)n1)c1cc(C)cc(C)n1. The molecule has 0 aliphatic heterocycles. The van der Waals surface area contributed by atoms with E-state index in [1.54, 1.807) is 0 Å². The van der Waals surface area contributed by atoms with Crippen molar-refractivity contribution in [2.75, 3.05) is 13.2 Å². The van der Waals surface area contributed by atoms with Crippen molar-refractivity contribution in [2.45, 2.75) is 48.5 Å². The number of hydrogen-bond acceptors (Lipinski definition) is 6. The summed E-state index contributed by atoms with van der Waals surface area (Å²) in [6.07, 6.45) is 0. The van der Waals surface area contributed by atoms with E-state index in [-0.39, 0.29) is 5.41 Å². The molecule has 0 bridgehead atoms. The number of rotatable bonds is 8. The molecule has 0 aromatic carbocycles. The number of hydrogen-bond donors (Lipinski definition) is 0. The van der Waals surface area contributed by atoms with Crippen LogP contribution in [0.3, 0.4) is 0 Å². The molecular formula is C22H30N4O2. The minimum Gasteiger partial charge on any atom is -0.395 e. The molecule has 0 amide bonds. The van der Waals surface area contributed by atoms with Crippen molar-refractivity contribution in [1.29, 1.82) is 0 Å². The lowest BCUT2D eigenvalue weighted by Crippen LogP contribution is -2.24. The molecule has 0 aliphatic rings. The smallest absolute Gasteiger partial charge is 0.125 e. The van der Waals surface area contributed by atoms with E-state index in [4.69, 9.17) is 9.68 Å². The molecule has 2 rings (SSSR count). The van der Waals surface area contributed by atoms with Crippen LogP contribution in [0.4, 0.5) is 0 Å². The highest BCUT2D eigenvalue weighted by atomic mass is 16.6. The highest BCUT2D eigenvalue weighted by Crippen LogP contribution is 2.17. The fourth-order valence-electron chi connectivity index (χ4n) is 2.51. The maximum Gasteiger partial charge on any atom is 0.125 e. The largest absolute Gasteiger partial charge is 0.395 e. The van der Waals surface area contributed by atoms with Gasteiger partial charge in [-0.1, -0.05) is 30.2 Å². The second kappa shape index (κ2) is 9.44. The summed E-state index contributed by atoms with van der Waals surface area (Å²) in [6.45, 7) is 14.7. The molecule has 28 heavy (non-hydrogen) atoms. The molecule has 0 saturated heterocycles. The second-order valence-corrected chi connectivity index (χ2v) is 7.90. The molecule has 0 N–H and O–H groups in total. The molecule has 0 unspecified atom stereocenters. The van der Waals surface area contributed by atoms with E-state index < -0.39 is 0 Å². The van der Waals surface area contributed by atoms with Gasteiger partial charge in [0.2, 0.25) is 0 Å². The average molecular weight is 383 g/mol. The summed E-state index contributed by atoms with van der Waals surface area (Å²) in [5, 5.41) is 8.40. The zero-order valence-electron chi connectivity index (χ0n) is 17.9. The van der Waals surface area contributed by atoms with Crippen LogP contribution in [0.5, 0.6) is 0 Å². The van der Waals surface area contributed by atoms with Crippen LogP contribution in [-0.4, -0.2) is 34.6 Å². The first-order valence-corrected chi connectivity index (χ1v) is 9.39. The molecule has 2 aromatic heterocycles. The summed E-state index contributed by atoms with van der Waals surface area (Å²) in [4.78, 5) is 20.0. The van der Waals surface area contributed by atoms with E-state index in [0.717, 1.165) is 39.8 Å². The maximum absolute atomic E-state index is 5.56. The minimum atomic E-state index is -0.246. The van der Waals surface area contributed by atoms with Crippen molar-refractivity contribution in [1.82, 2.24) is 9.97 Å². The third-order valence-electron chi connectivity index (χ3n) is 4.04. The third kappa shape index (κ3) is 6.76. The van der Waals surface area contributed by atoms with Gasteiger partial charge >= 0.3 is 0 Å². The van der Waals surface area contributed by atoms with E-state index in [2.05, 4.69) is 20.3 Å². The molecule has 150 valence electrons. The van der Waals surface area contributed by atoms with E-state index >= 15 is 0 Å². The monoisotopic (exact) mass is 382 g/mol. The first-order valence-electron chi connectivity index (χ1n) is 9.39. The van der Waals surface area contributed by atoms with Crippen LogP contribution in [0.25, 0.3) is 0 Å². The normalized spacial score (nSPS) is 12.8. The zero-order chi connectivity index (χ0) is 20.7. The van der Waals surface area contributed by atoms with Gasteiger partial charge in [-0.15, -0.1) is 0 Å². The predicted molar refractivity (Wildman–Crippen MR) is 113 cm³/mol. The highest BCUT2D eigenvalue weighted by molar-refractivity contribution is 5.97. The summed E-state index contributed by atoms with van der Waals surface area (Å²) in [5.41, 5.74) is 5.97. The molecule has 0 atom stereocenters. The molecule has 6 heteroatoms. The molecule has 2 heterocycles.